The van der Waals surface area contributed by atoms with Gasteiger partial charge in [0.25, 0.3) is 0 Å². The van der Waals surface area contributed by atoms with E-state index in [1.165, 1.54) is 19.5 Å². The third-order valence-electron chi connectivity index (χ3n) is 3.31. The normalized spacial score (nSPS) is 16.2. The fourth-order valence-electron chi connectivity index (χ4n) is 2.23. The van der Waals surface area contributed by atoms with Crippen LogP contribution in [0.1, 0.15) is 22.0 Å². The molecule has 2 N–H and O–H groups in total. The predicted octanol–water partition coefficient (Wildman–Crippen LogP) is 1.05. The molecular formula is C14H12N4O4. The average molecular weight is 300 g/mol. The van der Waals surface area contributed by atoms with Crippen LogP contribution in [-0.4, -0.2) is 38.9 Å². The molecule has 0 saturated heterocycles. The molecule has 2 aromatic rings. The van der Waals surface area contributed by atoms with Gasteiger partial charge in [0.1, 0.15) is 18.1 Å². The highest BCUT2D eigenvalue weighted by atomic mass is 16.5. The minimum Gasteiger partial charge on any atom is -0.477 e. The van der Waals surface area contributed by atoms with Crippen LogP contribution in [0.5, 0.6) is 0 Å². The first-order chi connectivity index (χ1) is 10.6. The topological polar surface area (TPSA) is 106 Å². The third-order valence-corrected chi connectivity index (χ3v) is 3.31. The molecule has 0 radical (unpaired) electrons. The Morgan fingerprint density at radius 2 is 2.05 bits per heavy atom. The fraction of sp³-hybridized carbons (Fsp3) is 0.143. The Balaban J connectivity index is 2.00. The molecule has 1 aromatic carbocycles. The highest BCUT2D eigenvalue weighted by Crippen LogP contribution is 2.28. The molecule has 0 unspecified atom stereocenters. The number of aromatic nitrogens is 3. The number of benzene rings is 1. The van der Waals surface area contributed by atoms with Crippen molar-refractivity contribution in [3.05, 3.63) is 53.5 Å². The van der Waals surface area contributed by atoms with Crippen molar-refractivity contribution in [2.24, 2.45) is 0 Å². The number of rotatable bonds is 3. The number of nitrogens with one attached hydrogen (secondary N) is 1. The molecule has 8 heteroatoms. The summed E-state index contributed by atoms with van der Waals surface area (Å²) in [4.78, 5) is 26.6. The Hall–Kier alpha value is -3.16. The Labute approximate surface area is 125 Å². The van der Waals surface area contributed by atoms with Crippen molar-refractivity contribution in [2.75, 3.05) is 12.4 Å². The monoisotopic (exact) mass is 300 g/mol. The quantitative estimate of drug-likeness (QED) is 0.816. The van der Waals surface area contributed by atoms with Crippen LogP contribution in [0.15, 0.2) is 42.4 Å². The highest BCUT2D eigenvalue weighted by molar-refractivity contribution is 5.90. The van der Waals surface area contributed by atoms with E-state index in [1.807, 2.05) is 0 Å². The first kappa shape index (κ1) is 13.8. The van der Waals surface area contributed by atoms with E-state index in [2.05, 4.69) is 20.1 Å². The number of hydrogen-bond donors (Lipinski definition) is 2. The van der Waals surface area contributed by atoms with E-state index < -0.39 is 18.0 Å². The van der Waals surface area contributed by atoms with Crippen molar-refractivity contribution in [2.45, 2.75) is 6.04 Å². The Bertz CT molecular complexity index is 763. The van der Waals surface area contributed by atoms with Crippen LogP contribution >= 0.6 is 0 Å². The zero-order chi connectivity index (χ0) is 15.7. The van der Waals surface area contributed by atoms with E-state index in [0.29, 0.717) is 11.5 Å². The molecule has 2 heterocycles. The number of fused-ring (bicyclic) bond motifs is 1. The van der Waals surface area contributed by atoms with Crippen molar-refractivity contribution in [3.63, 3.8) is 0 Å². The number of aliphatic carboxylic acids is 1. The van der Waals surface area contributed by atoms with Crippen LogP contribution in [0, 0.1) is 0 Å². The molecule has 0 bridgehead atoms. The van der Waals surface area contributed by atoms with Crippen molar-refractivity contribution in [1.82, 2.24) is 14.8 Å². The van der Waals surface area contributed by atoms with E-state index in [0.717, 1.165) is 5.56 Å². The summed E-state index contributed by atoms with van der Waals surface area (Å²) in [6, 6.07) is 6.27. The van der Waals surface area contributed by atoms with Gasteiger partial charge in [-0.3, -0.25) is 0 Å². The lowest BCUT2D eigenvalue weighted by Gasteiger charge is -2.22. The van der Waals surface area contributed by atoms with Gasteiger partial charge in [0, 0.05) is 0 Å². The second-order valence-electron chi connectivity index (χ2n) is 4.60. The van der Waals surface area contributed by atoms with Gasteiger partial charge in [-0.1, -0.05) is 12.1 Å². The SMILES string of the molecule is COC(=O)c1ccc([C@H]2C=C(C(=O)O)Nc3ncnn32)cc1. The zero-order valence-electron chi connectivity index (χ0n) is 11.6. The van der Waals surface area contributed by atoms with E-state index in [4.69, 9.17) is 5.11 Å². The van der Waals surface area contributed by atoms with Gasteiger partial charge in [0.05, 0.1) is 12.7 Å². The lowest BCUT2D eigenvalue weighted by atomic mass is 10.0. The summed E-state index contributed by atoms with van der Waals surface area (Å²) in [5.41, 5.74) is 1.23. The number of carboxylic acids is 1. The van der Waals surface area contributed by atoms with Gasteiger partial charge in [0.2, 0.25) is 5.95 Å². The molecule has 0 amide bonds. The van der Waals surface area contributed by atoms with Crippen molar-refractivity contribution in [3.8, 4) is 0 Å². The smallest absolute Gasteiger partial charge is 0.352 e. The first-order valence-electron chi connectivity index (χ1n) is 6.40. The third kappa shape index (κ3) is 2.30. The number of anilines is 1. The molecule has 1 aliphatic heterocycles. The summed E-state index contributed by atoms with van der Waals surface area (Å²) in [6.07, 6.45) is 2.88. The average Bonchev–Trinajstić information content (AvgIpc) is 3.01. The summed E-state index contributed by atoms with van der Waals surface area (Å²) >= 11 is 0. The Morgan fingerprint density at radius 1 is 1.32 bits per heavy atom. The number of carbonyl (C=O) groups is 2. The molecule has 1 atom stereocenters. The summed E-state index contributed by atoms with van der Waals surface area (Å²) in [5.74, 6) is -1.16. The number of esters is 1. The van der Waals surface area contributed by atoms with Crippen molar-refractivity contribution >= 4 is 17.9 Å². The standard InChI is InChI=1S/C14H12N4O4/c1-22-13(21)9-4-2-8(3-5-9)11-6-10(12(19)20)17-14-15-7-16-18(11)14/h2-7,11H,1H3,(H,19,20)(H,15,16,17)/t11-/m1/s1. The fourth-order valence-corrected chi connectivity index (χ4v) is 2.23. The Kier molecular flexibility index (Phi) is 3.34. The van der Waals surface area contributed by atoms with Crippen LogP contribution < -0.4 is 5.32 Å². The molecule has 8 nitrogen and oxygen atoms in total. The van der Waals surface area contributed by atoms with Gasteiger partial charge in [-0.2, -0.15) is 10.1 Å². The van der Waals surface area contributed by atoms with E-state index in [1.54, 1.807) is 28.9 Å². The van der Waals surface area contributed by atoms with Crippen LogP contribution in [0.3, 0.4) is 0 Å². The largest absolute Gasteiger partial charge is 0.477 e. The number of carbonyl (C=O) groups excluding carboxylic acids is 1. The van der Waals surface area contributed by atoms with E-state index in [-0.39, 0.29) is 5.70 Å². The number of nitrogens with zero attached hydrogens (tertiary/aromatic N) is 3. The first-order valence-corrected chi connectivity index (χ1v) is 6.40. The van der Waals surface area contributed by atoms with Crippen molar-refractivity contribution < 1.29 is 19.4 Å². The zero-order valence-corrected chi connectivity index (χ0v) is 11.6. The Morgan fingerprint density at radius 3 is 2.68 bits per heavy atom. The minimum absolute atomic E-state index is 0.0301. The lowest BCUT2D eigenvalue weighted by Crippen LogP contribution is -2.24. The van der Waals surface area contributed by atoms with Crippen LogP contribution in [-0.2, 0) is 9.53 Å². The van der Waals surface area contributed by atoms with Gasteiger partial charge in [0.15, 0.2) is 0 Å². The van der Waals surface area contributed by atoms with Crippen molar-refractivity contribution in [1.29, 1.82) is 0 Å². The molecule has 0 fully saturated rings. The number of methoxy groups -OCH3 is 1. The molecular weight excluding hydrogens is 288 g/mol. The van der Waals surface area contributed by atoms with Gasteiger partial charge < -0.3 is 15.2 Å². The molecule has 112 valence electrons. The van der Waals surface area contributed by atoms with Crippen LogP contribution in [0.25, 0.3) is 0 Å². The van der Waals surface area contributed by atoms with Crippen LogP contribution in [0.4, 0.5) is 5.95 Å². The van der Waals surface area contributed by atoms with Gasteiger partial charge in [-0.25, -0.2) is 14.3 Å². The summed E-state index contributed by atoms with van der Waals surface area (Å²) < 4.78 is 6.22. The number of carboxylic acid groups (broad SMARTS) is 1. The number of hydrogen-bond acceptors (Lipinski definition) is 6. The molecule has 1 aromatic heterocycles. The molecule has 0 saturated carbocycles. The van der Waals surface area contributed by atoms with Gasteiger partial charge >= 0.3 is 11.9 Å². The summed E-state index contributed by atoms with van der Waals surface area (Å²) in [7, 11) is 1.31. The molecule has 3 rings (SSSR count). The second-order valence-corrected chi connectivity index (χ2v) is 4.60. The van der Waals surface area contributed by atoms with Gasteiger partial charge in [-0.05, 0) is 23.8 Å². The molecule has 22 heavy (non-hydrogen) atoms. The summed E-state index contributed by atoms with van der Waals surface area (Å²) in [6.45, 7) is 0. The second kappa shape index (κ2) is 5.32. The molecule has 0 aliphatic carbocycles. The number of allylic oxidation sites excluding steroid dienone is 1. The molecule has 1 aliphatic rings. The predicted molar refractivity (Wildman–Crippen MR) is 75.3 cm³/mol. The molecule has 0 spiro atoms. The van der Waals surface area contributed by atoms with Gasteiger partial charge in [-0.15, -0.1) is 0 Å². The van der Waals surface area contributed by atoms with Crippen LogP contribution in [0.2, 0.25) is 0 Å². The van der Waals surface area contributed by atoms with E-state index in [9.17, 15) is 9.59 Å². The maximum absolute atomic E-state index is 11.5. The summed E-state index contributed by atoms with van der Waals surface area (Å²) in [5, 5.41) is 16.0. The number of ether oxygens (including phenoxy) is 1. The maximum Gasteiger partial charge on any atom is 0.352 e. The van der Waals surface area contributed by atoms with E-state index >= 15 is 0 Å². The highest BCUT2D eigenvalue weighted by Gasteiger charge is 2.25. The maximum atomic E-state index is 11.5. The lowest BCUT2D eigenvalue weighted by molar-refractivity contribution is -0.132. The minimum atomic E-state index is -1.08.